The summed E-state index contributed by atoms with van der Waals surface area (Å²) in [5.74, 6) is 0.321. The smallest absolute Gasteiger partial charge is 0.277 e. The SMILES string of the molecule is O=C(CSc1nnc(-c2ccc(Cl)cc2)o1)Nc1cccc(O)c1. The van der Waals surface area contributed by atoms with Crippen LogP contribution < -0.4 is 5.32 Å². The number of phenols is 1. The summed E-state index contributed by atoms with van der Waals surface area (Å²) in [6, 6.07) is 13.3. The fourth-order valence-electron chi connectivity index (χ4n) is 1.89. The van der Waals surface area contributed by atoms with Crippen LogP contribution in [0, 0.1) is 0 Å². The topological polar surface area (TPSA) is 88.2 Å². The number of aromatic nitrogens is 2. The van der Waals surface area contributed by atoms with Gasteiger partial charge in [-0.25, -0.2) is 0 Å². The number of anilines is 1. The molecule has 0 aliphatic heterocycles. The van der Waals surface area contributed by atoms with Gasteiger partial charge in [0, 0.05) is 22.3 Å². The first-order valence-corrected chi connectivity index (χ1v) is 8.27. The van der Waals surface area contributed by atoms with Gasteiger partial charge < -0.3 is 14.8 Å². The minimum Gasteiger partial charge on any atom is -0.508 e. The van der Waals surface area contributed by atoms with Crippen LogP contribution in [-0.2, 0) is 4.79 Å². The number of carbonyl (C=O) groups excluding carboxylic acids is 1. The van der Waals surface area contributed by atoms with Crippen molar-refractivity contribution < 1.29 is 14.3 Å². The highest BCUT2D eigenvalue weighted by molar-refractivity contribution is 7.99. The van der Waals surface area contributed by atoms with Gasteiger partial charge in [-0.1, -0.05) is 29.4 Å². The molecule has 24 heavy (non-hydrogen) atoms. The van der Waals surface area contributed by atoms with Gasteiger partial charge >= 0.3 is 0 Å². The van der Waals surface area contributed by atoms with Crippen molar-refractivity contribution in [2.45, 2.75) is 5.22 Å². The van der Waals surface area contributed by atoms with E-state index in [1.54, 1.807) is 36.4 Å². The third kappa shape index (κ3) is 4.27. The largest absolute Gasteiger partial charge is 0.508 e. The normalized spacial score (nSPS) is 10.5. The molecule has 3 rings (SSSR count). The van der Waals surface area contributed by atoms with E-state index in [2.05, 4.69) is 15.5 Å². The lowest BCUT2D eigenvalue weighted by atomic mass is 10.2. The Morgan fingerprint density at radius 2 is 2.00 bits per heavy atom. The Bertz CT molecular complexity index is 852. The van der Waals surface area contributed by atoms with Gasteiger partial charge in [0.15, 0.2) is 0 Å². The van der Waals surface area contributed by atoms with Crippen molar-refractivity contribution in [3.05, 3.63) is 53.6 Å². The summed E-state index contributed by atoms with van der Waals surface area (Å²) in [5.41, 5.74) is 1.27. The molecule has 0 saturated carbocycles. The first-order chi connectivity index (χ1) is 11.6. The number of carbonyl (C=O) groups is 1. The van der Waals surface area contributed by atoms with E-state index in [9.17, 15) is 9.90 Å². The second kappa shape index (κ2) is 7.37. The summed E-state index contributed by atoms with van der Waals surface area (Å²) >= 11 is 6.96. The second-order valence-corrected chi connectivity index (χ2v) is 6.13. The Hall–Kier alpha value is -2.51. The minimum absolute atomic E-state index is 0.0879. The molecule has 0 spiro atoms. The van der Waals surface area contributed by atoms with Crippen molar-refractivity contribution in [1.82, 2.24) is 10.2 Å². The molecular formula is C16H12ClN3O3S. The molecule has 0 bridgehead atoms. The molecule has 0 atom stereocenters. The maximum absolute atomic E-state index is 11.9. The van der Waals surface area contributed by atoms with E-state index in [1.165, 1.54) is 12.1 Å². The van der Waals surface area contributed by atoms with Gasteiger partial charge in [-0.2, -0.15) is 0 Å². The molecule has 0 unspecified atom stereocenters. The van der Waals surface area contributed by atoms with Crippen LogP contribution >= 0.6 is 23.4 Å². The van der Waals surface area contributed by atoms with E-state index in [-0.39, 0.29) is 17.4 Å². The van der Waals surface area contributed by atoms with Crippen LogP contribution in [0.2, 0.25) is 5.02 Å². The maximum atomic E-state index is 11.9. The van der Waals surface area contributed by atoms with Crippen LogP contribution in [0.5, 0.6) is 5.75 Å². The van der Waals surface area contributed by atoms with Crippen molar-refractivity contribution >= 4 is 35.0 Å². The summed E-state index contributed by atoms with van der Waals surface area (Å²) in [6.45, 7) is 0. The summed E-state index contributed by atoms with van der Waals surface area (Å²) in [4.78, 5) is 11.9. The van der Waals surface area contributed by atoms with E-state index in [0.29, 0.717) is 21.8 Å². The second-order valence-electron chi connectivity index (χ2n) is 4.77. The number of aromatic hydroxyl groups is 1. The molecule has 2 aromatic carbocycles. The minimum atomic E-state index is -0.239. The quantitative estimate of drug-likeness (QED) is 0.671. The zero-order chi connectivity index (χ0) is 16.9. The molecule has 0 fully saturated rings. The lowest BCUT2D eigenvalue weighted by Crippen LogP contribution is -2.13. The molecule has 2 N–H and O–H groups in total. The number of benzene rings is 2. The van der Waals surface area contributed by atoms with E-state index in [0.717, 1.165) is 17.3 Å². The fourth-order valence-corrected chi connectivity index (χ4v) is 2.57. The van der Waals surface area contributed by atoms with Crippen LogP contribution in [-0.4, -0.2) is 27.0 Å². The number of phenolic OH excluding ortho intramolecular Hbond substituents is 1. The first-order valence-electron chi connectivity index (χ1n) is 6.91. The third-order valence-electron chi connectivity index (χ3n) is 2.95. The fraction of sp³-hybridized carbons (Fsp3) is 0.0625. The monoisotopic (exact) mass is 361 g/mol. The van der Waals surface area contributed by atoms with Crippen molar-refractivity contribution in [2.24, 2.45) is 0 Å². The molecule has 1 amide bonds. The van der Waals surface area contributed by atoms with Crippen molar-refractivity contribution in [2.75, 3.05) is 11.1 Å². The zero-order valence-electron chi connectivity index (χ0n) is 12.3. The van der Waals surface area contributed by atoms with Crippen molar-refractivity contribution in [1.29, 1.82) is 0 Å². The number of nitrogens with one attached hydrogen (secondary N) is 1. The number of thioether (sulfide) groups is 1. The Kier molecular flexibility index (Phi) is 5.02. The van der Waals surface area contributed by atoms with Gasteiger partial charge in [0.1, 0.15) is 5.75 Å². The summed E-state index contributed by atoms with van der Waals surface area (Å²) in [7, 11) is 0. The average molecular weight is 362 g/mol. The van der Waals surface area contributed by atoms with Crippen LogP contribution in [0.3, 0.4) is 0 Å². The highest BCUT2D eigenvalue weighted by atomic mass is 35.5. The molecule has 1 aromatic heterocycles. The van der Waals surface area contributed by atoms with Gasteiger partial charge in [0.2, 0.25) is 11.8 Å². The predicted octanol–water partition coefficient (Wildman–Crippen LogP) is 3.83. The van der Waals surface area contributed by atoms with Crippen LogP contribution in [0.15, 0.2) is 58.2 Å². The molecule has 8 heteroatoms. The van der Waals surface area contributed by atoms with Gasteiger partial charge in [0.25, 0.3) is 5.22 Å². The summed E-state index contributed by atoms with van der Waals surface area (Å²) in [5, 5.41) is 20.8. The lowest BCUT2D eigenvalue weighted by Gasteiger charge is -2.03. The molecule has 0 aliphatic rings. The number of nitrogens with zero attached hydrogens (tertiary/aromatic N) is 2. The molecule has 0 saturated heterocycles. The number of hydrogen-bond donors (Lipinski definition) is 2. The first kappa shape index (κ1) is 16.4. The van der Waals surface area contributed by atoms with Crippen molar-refractivity contribution in [3.8, 4) is 17.2 Å². The zero-order valence-corrected chi connectivity index (χ0v) is 13.8. The Morgan fingerprint density at radius 3 is 2.75 bits per heavy atom. The van der Waals surface area contributed by atoms with Gasteiger partial charge in [0.05, 0.1) is 5.75 Å². The Labute approximate surface area is 146 Å². The molecule has 6 nitrogen and oxygen atoms in total. The molecular weight excluding hydrogens is 350 g/mol. The molecule has 0 radical (unpaired) electrons. The summed E-state index contributed by atoms with van der Waals surface area (Å²) in [6.07, 6.45) is 0. The van der Waals surface area contributed by atoms with Crippen LogP contribution in [0.1, 0.15) is 0 Å². The Balaban J connectivity index is 1.57. The number of amides is 1. The molecule has 1 heterocycles. The predicted molar refractivity (Wildman–Crippen MR) is 92.2 cm³/mol. The van der Waals surface area contributed by atoms with E-state index in [1.807, 2.05) is 0 Å². The van der Waals surface area contributed by atoms with Crippen LogP contribution in [0.4, 0.5) is 5.69 Å². The highest BCUT2D eigenvalue weighted by Crippen LogP contribution is 2.24. The molecule has 3 aromatic rings. The molecule has 122 valence electrons. The third-order valence-corrected chi connectivity index (χ3v) is 4.02. The van der Waals surface area contributed by atoms with E-state index in [4.69, 9.17) is 16.0 Å². The standard InChI is InChI=1S/C16H12ClN3O3S/c17-11-6-4-10(5-7-11)15-19-20-16(23-15)24-9-14(22)18-12-2-1-3-13(21)8-12/h1-8,21H,9H2,(H,18,22). The molecule has 0 aliphatic carbocycles. The van der Waals surface area contributed by atoms with Gasteiger partial charge in [-0.15, -0.1) is 10.2 Å². The number of rotatable bonds is 5. The Morgan fingerprint density at radius 1 is 1.21 bits per heavy atom. The summed E-state index contributed by atoms with van der Waals surface area (Å²) < 4.78 is 5.51. The average Bonchev–Trinajstić information content (AvgIpc) is 3.03. The van der Waals surface area contributed by atoms with E-state index >= 15 is 0 Å². The highest BCUT2D eigenvalue weighted by Gasteiger charge is 2.11. The van der Waals surface area contributed by atoms with Gasteiger partial charge in [-0.3, -0.25) is 4.79 Å². The van der Waals surface area contributed by atoms with Crippen LogP contribution in [0.25, 0.3) is 11.5 Å². The lowest BCUT2D eigenvalue weighted by molar-refractivity contribution is -0.113. The number of halogens is 1. The van der Waals surface area contributed by atoms with E-state index < -0.39 is 0 Å². The maximum Gasteiger partial charge on any atom is 0.277 e. The van der Waals surface area contributed by atoms with Crippen molar-refractivity contribution in [3.63, 3.8) is 0 Å². The van der Waals surface area contributed by atoms with Gasteiger partial charge in [-0.05, 0) is 36.4 Å². The number of hydrogen-bond acceptors (Lipinski definition) is 6.